The minimum atomic E-state index is -1.03. The number of carbonyl (C=O) groups is 3. The number of primary amides is 1. The Kier molecular flexibility index (Phi) is 6.45. The molecule has 108 valence electrons. The zero-order valence-corrected chi connectivity index (χ0v) is 11.6. The highest BCUT2D eigenvalue weighted by Gasteiger charge is 2.07. The summed E-state index contributed by atoms with van der Waals surface area (Å²) in [7, 11) is 0. The Morgan fingerprint density at radius 1 is 1.35 bits per heavy atom. The third-order valence-electron chi connectivity index (χ3n) is 2.41. The van der Waals surface area contributed by atoms with E-state index in [4.69, 9.17) is 10.8 Å². The van der Waals surface area contributed by atoms with Crippen LogP contribution in [-0.4, -0.2) is 29.4 Å². The number of thiophene rings is 1. The Labute approximate surface area is 120 Å². The number of nitrogens with two attached hydrogens (primary N) is 1. The molecule has 0 atom stereocenters. The molecule has 0 aliphatic carbocycles. The molecule has 0 unspecified atom stereocenters. The molecule has 0 bridgehead atoms. The van der Waals surface area contributed by atoms with Crippen LogP contribution in [0.15, 0.2) is 17.5 Å². The highest BCUT2D eigenvalue weighted by atomic mass is 32.1. The number of carboxylic acids is 1. The molecule has 6 nitrogen and oxygen atoms in total. The van der Waals surface area contributed by atoms with Crippen molar-refractivity contribution in [3.05, 3.63) is 28.0 Å². The molecule has 2 amide bonds. The van der Waals surface area contributed by atoms with Gasteiger partial charge in [-0.05, 0) is 25.0 Å². The summed E-state index contributed by atoms with van der Waals surface area (Å²) in [5, 5.41) is 12.9. The quantitative estimate of drug-likeness (QED) is 0.495. The molecule has 1 rings (SSSR count). The number of carboxylic acid groups (broad SMARTS) is 1. The lowest BCUT2D eigenvalue weighted by Crippen LogP contribution is -2.24. The zero-order valence-electron chi connectivity index (χ0n) is 10.8. The van der Waals surface area contributed by atoms with Crippen LogP contribution in [0.5, 0.6) is 0 Å². The fraction of sp³-hybridized carbons (Fsp3) is 0.308. The van der Waals surface area contributed by atoms with Crippen LogP contribution in [0.3, 0.4) is 0 Å². The first-order chi connectivity index (χ1) is 9.49. The van der Waals surface area contributed by atoms with Gasteiger partial charge in [0, 0.05) is 29.3 Å². The van der Waals surface area contributed by atoms with Crippen LogP contribution in [0, 0.1) is 0 Å². The lowest BCUT2D eigenvalue weighted by atomic mass is 10.2. The highest BCUT2D eigenvalue weighted by molar-refractivity contribution is 7.11. The van der Waals surface area contributed by atoms with Gasteiger partial charge in [-0.25, -0.2) is 4.79 Å². The normalized spacial score (nSPS) is 10.6. The van der Waals surface area contributed by atoms with Crippen LogP contribution in [0.1, 0.15) is 34.5 Å². The van der Waals surface area contributed by atoms with E-state index in [9.17, 15) is 14.4 Å². The van der Waals surface area contributed by atoms with Gasteiger partial charge in [0.2, 0.25) is 5.91 Å². The Bertz CT molecular complexity index is 522. The van der Waals surface area contributed by atoms with E-state index in [1.54, 1.807) is 11.4 Å². The molecule has 0 saturated heterocycles. The maximum atomic E-state index is 11.8. The molecule has 1 aromatic rings. The predicted molar refractivity (Wildman–Crippen MR) is 76.4 cm³/mol. The average molecular weight is 296 g/mol. The van der Waals surface area contributed by atoms with Crippen molar-refractivity contribution in [1.29, 1.82) is 0 Å². The van der Waals surface area contributed by atoms with Crippen LogP contribution < -0.4 is 11.1 Å². The number of nitrogens with one attached hydrogen (secondary N) is 1. The van der Waals surface area contributed by atoms with Gasteiger partial charge in [0.05, 0.1) is 5.56 Å². The van der Waals surface area contributed by atoms with Gasteiger partial charge in [-0.1, -0.05) is 0 Å². The van der Waals surface area contributed by atoms with E-state index in [0.717, 1.165) is 6.08 Å². The molecule has 20 heavy (non-hydrogen) atoms. The number of carbonyl (C=O) groups excluding carboxylic acids is 2. The average Bonchev–Trinajstić information content (AvgIpc) is 2.84. The summed E-state index contributed by atoms with van der Waals surface area (Å²) < 4.78 is 0. The fourth-order valence-corrected chi connectivity index (χ4v) is 2.22. The van der Waals surface area contributed by atoms with Gasteiger partial charge in [0.15, 0.2) is 0 Å². The molecule has 0 spiro atoms. The molecule has 0 aliphatic rings. The van der Waals surface area contributed by atoms with E-state index in [-0.39, 0.29) is 11.8 Å². The summed E-state index contributed by atoms with van der Waals surface area (Å²) in [6, 6.07) is 1.63. The van der Waals surface area contributed by atoms with Gasteiger partial charge >= 0.3 is 5.97 Å². The largest absolute Gasteiger partial charge is 0.478 e. The number of hydrogen-bond donors (Lipinski definition) is 3. The third-order valence-corrected chi connectivity index (χ3v) is 3.31. The number of amides is 2. The molecule has 4 N–H and O–H groups in total. The Hall–Kier alpha value is -2.15. The molecule has 7 heteroatoms. The van der Waals surface area contributed by atoms with E-state index in [1.165, 1.54) is 17.4 Å². The molecule has 1 aromatic heterocycles. The van der Waals surface area contributed by atoms with Crippen molar-refractivity contribution < 1.29 is 19.5 Å². The lowest BCUT2D eigenvalue weighted by Gasteiger charge is -2.02. The van der Waals surface area contributed by atoms with Crippen LogP contribution in [0.4, 0.5) is 0 Å². The molecular formula is C13H16N2O4S. The molecule has 0 saturated carbocycles. The summed E-state index contributed by atoms with van der Waals surface area (Å²) in [5.74, 6) is -1.59. The minimum Gasteiger partial charge on any atom is -0.478 e. The van der Waals surface area contributed by atoms with Gasteiger partial charge in [0.25, 0.3) is 5.91 Å². The number of rotatable bonds is 8. The number of aliphatic carboxylic acids is 1. The van der Waals surface area contributed by atoms with Crippen molar-refractivity contribution in [1.82, 2.24) is 5.32 Å². The third kappa shape index (κ3) is 6.14. The minimum absolute atomic E-state index is 0.213. The molecule has 0 aliphatic heterocycles. The summed E-state index contributed by atoms with van der Waals surface area (Å²) in [6.07, 6.45) is 4.11. The van der Waals surface area contributed by atoms with E-state index < -0.39 is 5.97 Å². The van der Waals surface area contributed by atoms with E-state index >= 15 is 0 Å². The van der Waals surface area contributed by atoms with Crippen LogP contribution in [-0.2, 0) is 9.59 Å². The Morgan fingerprint density at radius 2 is 2.10 bits per heavy atom. The molecule has 1 heterocycles. The second-order valence-corrected chi connectivity index (χ2v) is 5.03. The van der Waals surface area contributed by atoms with Crippen molar-refractivity contribution in [3.63, 3.8) is 0 Å². The van der Waals surface area contributed by atoms with Gasteiger partial charge in [-0.3, -0.25) is 9.59 Å². The number of unbranched alkanes of at least 4 members (excludes halogenated alkanes) is 1. The monoisotopic (exact) mass is 296 g/mol. The van der Waals surface area contributed by atoms with Crippen molar-refractivity contribution in [2.24, 2.45) is 5.73 Å². The summed E-state index contributed by atoms with van der Waals surface area (Å²) in [5.41, 5.74) is 5.50. The predicted octanol–water partition coefficient (Wildman–Crippen LogP) is 1.23. The van der Waals surface area contributed by atoms with Gasteiger partial charge in [-0.15, -0.1) is 11.3 Å². The molecule has 0 aromatic carbocycles. The van der Waals surface area contributed by atoms with Crippen LogP contribution >= 0.6 is 11.3 Å². The molecular weight excluding hydrogens is 280 g/mol. The standard InChI is InChI=1S/C13H16N2O4S/c14-11(16)3-1-2-6-15-13(19)9-7-10(20-8-9)4-5-12(17)18/h4-5,7-8H,1-3,6H2,(H2,14,16)(H,15,19)(H,17,18)/b5-4+. The first-order valence-corrected chi connectivity index (χ1v) is 6.93. The van der Waals surface area contributed by atoms with Gasteiger partial charge in [0.1, 0.15) is 0 Å². The lowest BCUT2D eigenvalue weighted by molar-refractivity contribution is -0.131. The van der Waals surface area contributed by atoms with Crippen molar-refractivity contribution >= 4 is 35.2 Å². The highest BCUT2D eigenvalue weighted by Crippen LogP contribution is 2.16. The maximum absolute atomic E-state index is 11.8. The summed E-state index contributed by atoms with van der Waals surface area (Å²) >= 11 is 1.30. The maximum Gasteiger partial charge on any atom is 0.328 e. The van der Waals surface area contributed by atoms with Crippen molar-refractivity contribution in [2.75, 3.05) is 6.54 Å². The topological polar surface area (TPSA) is 109 Å². The number of hydrogen-bond acceptors (Lipinski definition) is 4. The summed E-state index contributed by atoms with van der Waals surface area (Å²) in [4.78, 5) is 33.3. The van der Waals surface area contributed by atoms with Crippen LogP contribution in [0.25, 0.3) is 6.08 Å². The summed E-state index contributed by atoms with van der Waals surface area (Å²) in [6.45, 7) is 0.474. The molecule has 0 fully saturated rings. The van der Waals surface area contributed by atoms with Crippen molar-refractivity contribution in [2.45, 2.75) is 19.3 Å². The molecule has 0 radical (unpaired) electrons. The zero-order chi connectivity index (χ0) is 15.0. The van der Waals surface area contributed by atoms with E-state index in [0.29, 0.717) is 36.2 Å². The first kappa shape index (κ1) is 15.9. The second kappa shape index (κ2) is 8.11. The van der Waals surface area contributed by atoms with E-state index in [2.05, 4.69) is 5.32 Å². The Morgan fingerprint density at radius 3 is 2.75 bits per heavy atom. The van der Waals surface area contributed by atoms with Crippen LogP contribution in [0.2, 0.25) is 0 Å². The fourth-order valence-electron chi connectivity index (χ4n) is 1.44. The van der Waals surface area contributed by atoms with E-state index in [1.807, 2.05) is 0 Å². The van der Waals surface area contributed by atoms with Gasteiger partial charge in [-0.2, -0.15) is 0 Å². The SMILES string of the molecule is NC(=O)CCCCNC(=O)c1csc(/C=C/C(=O)O)c1. The Balaban J connectivity index is 2.36. The smallest absolute Gasteiger partial charge is 0.328 e. The first-order valence-electron chi connectivity index (χ1n) is 6.05. The van der Waals surface area contributed by atoms with Crippen molar-refractivity contribution in [3.8, 4) is 0 Å². The second-order valence-electron chi connectivity index (χ2n) is 4.09. The van der Waals surface area contributed by atoms with Gasteiger partial charge < -0.3 is 16.2 Å².